The fourth-order valence-corrected chi connectivity index (χ4v) is 3.29. The SMILES string of the molecule is CN1CCC[C@@H](C(=O)Nc2nc(C3CC3)cs2)C1. The van der Waals surface area contributed by atoms with E-state index in [0.717, 1.165) is 36.8 Å². The minimum atomic E-state index is 0.122. The van der Waals surface area contributed by atoms with Crippen LogP contribution in [0.25, 0.3) is 0 Å². The third-order valence-electron chi connectivity index (χ3n) is 3.74. The van der Waals surface area contributed by atoms with Gasteiger partial charge in [0.25, 0.3) is 0 Å². The quantitative estimate of drug-likeness (QED) is 0.912. The Morgan fingerprint density at radius 3 is 3.06 bits per heavy atom. The molecule has 0 spiro atoms. The molecule has 1 aliphatic carbocycles. The molecule has 4 nitrogen and oxygen atoms in total. The third kappa shape index (κ3) is 2.72. The van der Waals surface area contributed by atoms with Crippen molar-refractivity contribution in [2.75, 3.05) is 25.5 Å². The van der Waals surface area contributed by atoms with Gasteiger partial charge in [-0.3, -0.25) is 4.79 Å². The van der Waals surface area contributed by atoms with Crippen molar-refractivity contribution >= 4 is 22.4 Å². The number of hydrogen-bond donors (Lipinski definition) is 1. The highest BCUT2D eigenvalue weighted by Gasteiger charge is 2.27. The Balaban J connectivity index is 1.58. The van der Waals surface area contributed by atoms with Crippen molar-refractivity contribution < 1.29 is 4.79 Å². The summed E-state index contributed by atoms with van der Waals surface area (Å²) in [6.07, 6.45) is 4.62. The molecule has 2 heterocycles. The van der Waals surface area contributed by atoms with E-state index in [9.17, 15) is 4.79 Å². The van der Waals surface area contributed by atoms with E-state index in [1.165, 1.54) is 12.8 Å². The molecule has 0 unspecified atom stereocenters. The fraction of sp³-hybridized carbons (Fsp3) is 0.692. The van der Waals surface area contributed by atoms with Crippen molar-refractivity contribution in [1.29, 1.82) is 0 Å². The molecule has 0 bridgehead atoms. The van der Waals surface area contributed by atoms with Gasteiger partial charge >= 0.3 is 0 Å². The third-order valence-corrected chi connectivity index (χ3v) is 4.52. The number of rotatable bonds is 3. The number of thiazole rings is 1. The maximum atomic E-state index is 12.1. The summed E-state index contributed by atoms with van der Waals surface area (Å²) in [5.74, 6) is 0.919. The van der Waals surface area contributed by atoms with Gasteiger partial charge < -0.3 is 10.2 Å². The number of amides is 1. The largest absolute Gasteiger partial charge is 0.306 e. The van der Waals surface area contributed by atoms with Gasteiger partial charge in [-0.2, -0.15) is 0 Å². The van der Waals surface area contributed by atoms with Crippen LogP contribution >= 0.6 is 11.3 Å². The summed E-state index contributed by atoms with van der Waals surface area (Å²) in [5.41, 5.74) is 1.16. The smallest absolute Gasteiger partial charge is 0.230 e. The predicted molar refractivity (Wildman–Crippen MR) is 72.9 cm³/mol. The van der Waals surface area contributed by atoms with Crippen LogP contribution in [-0.4, -0.2) is 35.9 Å². The van der Waals surface area contributed by atoms with Crippen LogP contribution in [0, 0.1) is 5.92 Å². The van der Waals surface area contributed by atoms with Gasteiger partial charge in [-0.25, -0.2) is 4.98 Å². The lowest BCUT2D eigenvalue weighted by Gasteiger charge is -2.28. The molecule has 2 fully saturated rings. The number of piperidine rings is 1. The van der Waals surface area contributed by atoms with Crippen molar-refractivity contribution in [2.24, 2.45) is 5.92 Å². The highest BCUT2D eigenvalue weighted by Crippen LogP contribution is 2.40. The molecule has 18 heavy (non-hydrogen) atoms. The first-order valence-electron chi connectivity index (χ1n) is 6.67. The minimum Gasteiger partial charge on any atom is -0.306 e. The maximum Gasteiger partial charge on any atom is 0.230 e. The normalized spacial score (nSPS) is 25.1. The zero-order chi connectivity index (χ0) is 12.5. The summed E-state index contributed by atoms with van der Waals surface area (Å²) in [5, 5.41) is 5.83. The Kier molecular flexibility index (Phi) is 3.35. The topological polar surface area (TPSA) is 45.2 Å². The zero-order valence-corrected chi connectivity index (χ0v) is 11.5. The number of carbonyl (C=O) groups excluding carboxylic acids is 1. The molecule has 3 rings (SSSR count). The second-order valence-electron chi connectivity index (χ2n) is 5.44. The van der Waals surface area contributed by atoms with Crippen molar-refractivity contribution in [2.45, 2.75) is 31.6 Å². The summed E-state index contributed by atoms with van der Waals surface area (Å²) in [4.78, 5) is 18.9. The van der Waals surface area contributed by atoms with E-state index in [1.807, 2.05) is 0 Å². The van der Waals surface area contributed by atoms with Crippen LogP contribution in [0.4, 0.5) is 5.13 Å². The van der Waals surface area contributed by atoms with Crippen molar-refractivity contribution in [3.05, 3.63) is 11.1 Å². The molecule has 1 aromatic heterocycles. The van der Waals surface area contributed by atoms with E-state index < -0.39 is 0 Å². The summed E-state index contributed by atoms with van der Waals surface area (Å²) in [6.45, 7) is 1.97. The average molecular weight is 265 g/mol. The molecule has 1 amide bonds. The number of anilines is 1. The van der Waals surface area contributed by atoms with E-state index in [1.54, 1.807) is 11.3 Å². The first-order chi connectivity index (χ1) is 8.72. The van der Waals surface area contributed by atoms with Gasteiger partial charge in [-0.15, -0.1) is 11.3 Å². The van der Waals surface area contributed by atoms with Gasteiger partial charge in [0.15, 0.2) is 5.13 Å². The van der Waals surface area contributed by atoms with Gasteiger partial charge in [0, 0.05) is 17.8 Å². The van der Waals surface area contributed by atoms with Crippen molar-refractivity contribution in [3.8, 4) is 0 Å². The van der Waals surface area contributed by atoms with E-state index in [2.05, 4.69) is 27.6 Å². The van der Waals surface area contributed by atoms with Gasteiger partial charge in [0.05, 0.1) is 11.6 Å². The molecule has 0 aromatic carbocycles. The first-order valence-corrected chi connectivity index (χ1v) is 7.55. The van der Waals surface area contributed by atoms with Gasteiger partial charge in [0.2, 0.25) is 5.91 Å². The van der Waals surface area contributed by atoms with Crippen LogP contribution in [0.1, 0.15) is 37.3 Å². The van der Waals surface area contributed by atoms with Crippen molar-refractivity contribution in [1.82, 2.24) is 9.88 Å². The molecule has 2 aliphatic rings. The summed E-state index contributed by atoms with van der Waals surface area (Å²) in [6, 6.07) is 0. The molecule has 1 saturated heterocycles. The van der Waals surface area contributed by atoms with Crippen LogP contribution in [-0.2, 0) is 4.79 Å². The molecule has 1 aromatic rings. The summed E-state index contributed by atoms with van der Waals surface area (Å²) >= 11 is 1.55. The highest BCUT2D eigenvalue weighted by atomic mass is 32.1. The van der Waals surface area contributed by atoms with E-state index in [0.29, 0.717) is 5.92 Å². The molecular weight excluding hydrogens is 246 g/mol. The number of nitrogens with zero attached hydrogens (tertiary/aromatic N) is 2. The van der Waals surface area contributed by atoms with Gasteiger partial charge in [-0.05, 0) is 39.3 Å². The minimum absolute atomic E-state index is 0.122. The first kappa shape index (κ1) is 12.1. The Bertz CT molecular complexity index is 441. The molecule has 1 saturated carbocycles. The second kappa shape index (κ2) is 4.97. The average Bonchev–Trinajstić information content (AvgIpc) is 3.11. The standard InChI is InChI=1S/C13H19N3OS/c1-16-6-2-3-10(7-16)12(17)15-13-14-11(8-18-13)9-4-5-9/h8-10H,2-7H2,1H3,(H,14,15,17)/t10-/m1/s1. The van der Waals surface area contributed by atoms with Gasteiger partial charge in [-0.1, -0.05) is 0 Å². The van der Waals surface area contributed by atoms with E-state index >= 15 is 0 Å². The van der Waals surface area contributed by atoms with Crippen LogP contribution in [0.5, 0.6) is 0 Å². The number of aromatic nitrogens is 1. The van der Waals surface area contributed by atoms with Gasteiger partial charge in [0.1, 0.15) is 0 Å². The van der Waals surface area contributed by atoms with Crippen LogP contribution in [0.2, 0.25) is 0 Å². The Labute approximate surface area is 111 Å². The lowest BCUT2D eigenvalue weighted by Crippen LogP contribution is -2.38. The highest BCUT2D eigenvalue weighted by molar-refractivity contribution is 7.13. The molecule has 1 atom stereocenters. The summed E-state index contributed by atoms with van der Waals surface area (Å²) in [7, 11) is 2.08. The maximum absolute atomic E-state index is 12.1. The molecule has 1 aliphatic heterocycles. The zero-order valence-electron chi connectivity index (χ0n) is 10.7. The molecule has 0 radical (unpaired) electrons. The molecule has 1 N–H and O–H groups in total. The van der Waals surface area contributed by atoms with Crippen LogP contribution < -0.4 is 5.32 Å². The lowest BCUT2D eigenvalue weighted by atomic mass is 9.98. The Morgan fingerprint density at radius 1 is 1.50 bits per heavy atom. The monoisotopic (exact) mass is 265 g/mol. The van der Waals surface area contributed by atoms with Crippen LogP contribution in [0.15, 0.2) is 5.38 Å². The molecule has 98 valence electrons. The number of nitrogens with one attached hydrogen (secondary N) is 1. The lowest BCUT2D eigenvalue weighted by molar-refractivity contribution is -0.121. The number of carbonyl (C=O) groups is 1. The van der Waals surface area contributed by atoms with E-state index in [4.69, 9.17) is 0 Å². The molecular formula is C13H19N3OS. The Morgan fingerprint density at radius 2 is 2.33 bits per heavy atom. The predicted octanol–water partition coefficient (Wildman–Crippen LogP) is 2.30. The Hall–Kier alpha value is -0.940. The van der Waals surface area contributed by atoms with Crippen LogP contribution in [0.3, 0.4) is 0 Å². The fourth-order valence-electron chi connectivity index (χ4n) is 2.50. The second-order valence-corrected chi connectivity index (χ2v) is 6.30. The molecule has 5 heteroatoms. The van der Waals surface area contributed by atoms with E-state index in [-0.39, 0.29) is 11.8 Å². The summed E-state index contributed by atoms with van der Waals surface area (Å²) < 4.78 is 0. The van der Waals surface area contributed by atoms with Crippen molar-refractivity contribution in [3.63, 3.8) is 0 Å². The number of hydrogen-bond acceptors (Lipinski definition) is 4. The number of likely N-dealkylation sites (tertiary alicyclic amines) is 1.